The van der Waals surface area contributed by atoms with Crippen molar-refractivity contribution in [2.24, 2.45) is 0 Å². The van der Waals surface area contributed by atoms with Crippen LogP contribution in [0.4, 0.5) is 0 Å². The van der Waals surface area contributed by atoms with Crippen LogP contribution in [-0.2, 0) is 0 Å². The Hall–Kier alpha value is 1.14. The molecular formula is C7H2Cl5NaO2. The minimum absolute atomic E-state index is 0. The van der Waals surface area contributed by atoms with Gasteiger partial charge in [-0.2, -0.15) is 0 Å². The van der Waals surface area contributed by atoms with E-state index in [0.29, 0.717) is 0 Å². The van der Waals surface area contributed by atoms with Gasteiger partial charge in [-0.05, 0) is 0 Å². The molecule has 8 heteroatoms. The van der Waals surface area contributed by atoms with E-state index in [2.05, 4.69) is 0 Å². The van der Waals surface area contributed by atoms with Crippen molar-refractivity contribution >= 4 is 64.0 Å². The maximum absolute atomic E-state index is 10.7. The summed E-state index contributed by atoms with van der Waals surface area (Å²) in [6, 6.07) is 0. The molecule has 0 spiro atoms. The maximum Gasteiger partial charge on any atom is 1.00 e. The quantitative estimate of drug-likeness (QED) is 0.487. The topological polar surface area (TPSA) is 37.3 Å². The van der Waals surface area contributed by atoms with Crippen LogP contribution < -0.4 is 29.6 Å². The van der Waals surface area contributed by atoms with Crippen LogP contribution in [0.2, 0.25) is 25.1 Å². The molecule has 0 aliphatic rings. The van der Waals surface area contributed by atoms with Crippen LogP contribution in [0.15, 0.2) is 0 Å². The Morgan fingerprint density at radius 2 is 1.13 bits per heavy atom. The van der Waals surface area contributed by atoms with Crippen molar-refractivity contribution in [1.29, 1.82) is 0 Å². The predicted molar refractivity (Wildman–Crippen MR) is 59.6 cm³/mol. The number of aromatic carboxylic acids is 1. The van der Waals surface area contributed by atoms with Gasteiger partial charge in [0.25, 0.3) is 0 Å². The molecule has 1 N–H and O–H groups in total. The van der Waals surface area contributed by atoms with Gasteiger partial charge in [0.2, 0.25) is 0 Å². The Morgan fingerprint density at radius 3 is 1.40 bits per heavy atom. The zero-order valence-electron chi connectivity index (χ0n) is 8.25. The molecule has 0 bridgehead atoms. The molecule has 0 saturated heterocycles. The van der Waals surface area contributed by atoms with Crippen LogP contribution >= 0.6 is 58.0 Å². The van der Waals surface area contributed by atoms with Gasteiger partial charge in [0, 0.05) is 0 Å². The van der Waals surface area contributed by atoms with E-state index in [0.717, 1.165) is 0 Å². The second-order valence-corrected chi connectivity index (χ2v) is 4.14. The zero-order valence-corrected chi connectivity index (χ0v) is 13.0. The van der Waals surface area contributed by atoms with Crippen molar-refractivity contribution in [3.63, 3.8) is 0 Å². The first-order valence-electron chi connectivity index (χ1n) is 3.12. The summed E-state index contributed by atoms with van der Waals surface area (Å²) < 4.78 is 0. The molecule has 0 unspecified atom stereocenters. The monoisotopic (exact) mass is 316 g/mol. The van der Waals surface area contributed by atoms with Crippen molar-refractivity contribution in [3.05, 3.63) is 30.7 Å². The molecule has 15 heavy (non-hydrogen) atoms. The number of carboxylic acid groups (broad SMARTS) is 1. The Morgan fingerprint density at radius 1 is 0.867 bits per heavy atom. The molecule has 0 atom stereocenters. The van der Waals surface area contributed by atoms with Crippen molar-refractivity contribution in [2.45, 2.75) is 0 Å². The van der Waals surface area contributed by atoms with Gasteiger partial charge < -0.3 is 6.53 Å². The Bertz CT molecular complexity index is 397. The second kappa shape index (κ2) is 6.18. The van der Waals surface area contributed by atoms with Gasteiger partial charge in [-0.3, -0.25) is 0 Å². The Labute approximate surface area is 134 Å². The molecule has 0 amide bonds. The van der Waals surface area contributed by atoms with Crippen molar-refractivity contribution < 1.29 is 40.9 Å². The van der Waals surface area contributed by atoms with E-state index in [-0.39, 0.29) is 61.7 Å². The number of carboxylic acids is 1. The molecule has 0 radical (unpaired) electrons. The van der Waals surface area contributed by atoms with Crippen molar-refractivity contribution in [2.75, 3.05) is 0 Å². The first kappa shape index (κ1) is 16.1. The smallest absolute Gasteiger partial charge is 1.00 e. The van der Waals surface area contributed by atoms with Crippen LogP contribution in [0.1, 0.15) is 11.8 Å². The molecule has 1 aromatic rings. The molecule has 0 aromatic heterocycles. The van der Waals surface area contributed by atoms with Crippen molar-refractivity contribution in [3.8, 4) is 0 Å². The molecule has 1 aromatic carbocycles. The van der Waals surface area contributed by atoms with Crippen molar-refractivity contribution in [1.82, 2.24) is 0 Å². The fraction of sp³-hybridized carbons (Fsp3) is 0. The van der Waals surface area contributed by atoms with E-state index in [9.17, 15) is 4.79 Å². The van der Waals surface area contributed by atoms with E-state index in [4.69, 9.17) is 63.1 Å². The third-order valence-corrected chi connectivity index (χ3v) is 3.70. The molecule has 0 heterocycles. The summed E-state index contributed by atoms with van der Waals surface area (Å²) >= 11 is 28.2. The summed E-state index contributed by atoms with van der Waals surface area (Å²) in [5.41, 5.74) is -0.354. The molecular weight excluding hydrogens is 316 g/mol. The largest absolute Gasteiger partial charge is 1.00 e. The van der Waals surface area contributed by atoms with Gasteiger partial charge in [-0.15, -0.1) is 0 Å². The van der Waals surface area contributed by atoms with Gasteiger partial charge in [0.1, 0.15) is 0 Å². The standard InChI is InChI=1S/C7HCl5O2.Na.H/c8-2-1(7(13)14)3(9)5(11)6(12)4(2)10;;/h(H,13,14);;/q;+1;-1. The van der Waals surface area contributed by atoms with E-state index in [1.807, 2.05) is 0 Å². The summed E-state index contributed by atoms with van der Waals surface area (Å²) in [7, 11) is 0. The first-order valence-corrected chi connectivity index (χ1v) is 5.01. The van der Waals surface area contributed by atoms with Crippen LogP contribution in [0, 0.1) is 0 Å². The van der Waals surface area contributed by atoms with Crippen LogP contribution in [0.3, 0.4) is 0 Å². The number of carbonyl (C=O) groups is 1. The number of halogens is 5. The molecule has 2 nitrogen and oxygen atoms in total. The fourth-order valence-corrected chi connectivity index (χ4v) is 2.09. The Balaban J connectivity index is 0. The molecule has 0 fully saturated rings. The normalized spacial score (nSPS) is 9.67. The van der Waals surface area contributed by atoms with Crippen LogP contribution in [0.25, 0.3) is 0 Å². The summed E-state index contributed by atoms with van der Waals surface area (Å²) in [6.07, 6.45) is 0. The molecule has 78 valence electrons. The summed E-state index contributed by atoms with van der Waals surface area (Å²) in [5.74, 6) is -1.32. The predicted octanol–water partition coefficient (Wildman–Crippen LogP) is 1.77. The van der Waals surface area contributed by atoms with E-state index in [1.165, 1.54) is 0 Å². The number of benzene rings is 1. The first-order chi connectivity index (χ1) is 6.37. The van der Waals surface area contributed by atoms with Crippen LogP contribution in [-0.4, -0.2) is 11.1 Å². The summed E-state index contributed by atoms with van der Waals surface area (Å²) in [6.45, 7) is 0. The minimum atomic E-state index is -1.32. The molecule has 0 aliphatic heterocycles. The third-order valence-electron chi connectivity index (χ3n) is 1.42. The zero-order chi connectivity index (χ0) is 11.0. The SMILES string of the molecule is O=C(O)c1c(Cl)c(Cl)c(Cl)c(Cl)c1Cl.[H-].[Na+]. The van der Waals surface area contributed by atoms with E-state index >= 15 is 0 Å². The second-order valence-electron chi connectivity index (χ2n) is 2.25. The van der Waals surface area contributed by atoms with Crippen LogP contribution in [0.5, 0.6) is 0 Å². The van der Waals surface area contributed by atoms with Gasteiger partial charge in [0.05, 0.1) is 30.7 Å². The third kappa shape index (κ3) is 3.08. The maximum atomic E-state index is 10.7. The fourth-order valence-electron chi connectivity index (χ4n) is 0.793. The van der Waals surface area contributed by atoms with Gasteiger partial charge in [-0.1, -0.05) is 58.0 Å². The molecule has 0 aliphatic carbocycles. The Kier molecular flexibility index (Phi) is 6.64. The average molecular weight is 318 g/mol. The van der Waals surface area contributed by atoms with Gasteiger partial charge in [-0.25, -0.2) is 4.79 Å². The number of hydrogen-bond acceptors (Lipinski definition) is 1. The number of hydrogen-bond donors (Lipinski definition) is 1. The minimum Gasteiger partial charge on any atom is -1.00 e. The van der Waals surface area contributed by atoms with E-state index in [1.54, 1.807) is 0 Å². The summed E-state index contributed by atoms with van der Waals surface area (Å²) in [4.78, 5) is 10.7. The molecule has 0 saturated carbocycles. The van der Waals surface area contributed by atoms with E-state index < -0.39 is 5.97 Å². The molecule has 1 rings (SSSR count). The van der Waals surface area contributed by atoms with Gasteiger partial charge >= 0.3 is 35.5 Å². The van der Waals surface area contributed by atoms with Gasteiger partial charge in [0.15, 0.2) is 0 Å². The summed E-state index contributed by atoms with van der Waals surface area (Å²) in [5, 5.41) is 8.00. The average Bonchev–Trinajstić information content (AvgIpc) is 2.11. The number of rotatable bonds is 1.